The highest BCUT2D eigenvalue weighted by Gasteiger charge is 2.15. The number of anilines is 4. The molecule has 11 nitrogen and oxygen atoms in total. The first-order chi connectivity index (χ1) is 19.5. The number of benzene rings is 2. The largest absolute Gasteiger partial charge is 0.379 e. The molecular formula is C27H29F2N9O2. The van der Waals surface area contributed by atoms with E-state index in [9.17, 15) is 13.6 Å². The summed E-state index contributed by atoms with van der Waals surface area (Å²) in [6.07, 6.45) is 2.86. The molecule has 0 unspecified atom stereocenters. The lowest BCUT2D eigenvalue weighted by Crippen LogP contribution is -2.39. The molecule has 3 N–H and O–H groups in total. The quantitative estimate of drug-likeness (QED) is 0.272. The number of hydrogen-bond acceptors (Lipinski definition) is 9. The molecule has 0 spiro atoms. The van der Waals surface area contributed by atoms with Gasteiger partial charge in [0.05, 0.1) is 13.2 Å². The first-order valence-corrected chi connectivity index (χ1v) is 12.8. The minimum absolute atomic E-state index is 0.122. The highest BCUT2D eigenvalue weighted by atomic mass is 19.1. The molecule has 4 aromatic rings. The molecule has 5 rings (SSSR count). The first kappa shape index (κ1) is 27.1. The Balaban J connectivity index is 1.27. The average Bonchev–Trinajstić information content (AvgIpc) is 3.44. The molecule has 0 bridgehead atoms. The number of aryl methyl sites for hydroxylation is 1. The number of carbonyl (C=O) groups excluding carboxylic acids is 1. The minimum atomic E-state index is -0.965. The summed E-state index contributed by atoms with van der Waals surface area (Å²) in [7, 11) is 0. The molecule has 0 atom stereocenters. The number of carbonyl (C=O) groups is 1. The van der Waals surface area contributed by atoms with Crippen LogP contribution in [0.3, 0.4) is 0 Å². The number of nitrogens with zero attached hydrogens (tertiary/aromatic N) is 6. The number of rotatable bonds is 10. The van der Waals surface area contributed by atoms with E-state index in [1.165, 1.54) is 29.5 Å². The highest BCUT2D eigenvalue weighted by molar-refractivity contribution is 6.05. The van der Waals surface area contributed by atoms with E-state index in [-0.39, 0.29) is 5.56 Å². The molecule has 3 heterocycles. The van der Waals surface area contributed by atoms with Gasteiger partial charge in [-0.3, -0.25) is 9.69 Å². The molecule has 2 aromatic carbocycles. The summed E-state index contributed by atoms with van der Waals surface area (Å²) >= 11 is 0. The third kappa shape index (κ3) is 6.55. The molecule has 13 heteroatoms. The minimum Gasteiger partial charge on any atom is -0.379 e. The molecule has 0 radical (unpaired) electrons. The van der Waals surface area contributed by atoms with Crippen molar-refractivity contribution < 1.29 is 18.3 Å². The zero-order valence-electron chi connectivity index (χ0n) is 21.9. The Bertz CT molecular complexity index is 1470. The van der Waals surface area contributed by atoms with E-state index >= 15 is 0 Å². The van der Waals surface area contributed by atoms with E-state index in [0.717, 1.165) is 51.0 Å². The van der Waals surface area contributed by atoms with Gasteiger partial charge in [0.2, 0.25) is 5.95 Å². The van der Waals surface area contributed by atoms with Crippen molar-refractivity contribution in [2.24, 2.45) is 0 Å². The summed E-state index contributed by atoms with van der Waals surface area (Å²) in [6.45, 7) is 5.86. The van der Waals surface area contributed by atoms with E-state index < -0.39 is 18.4 Å². The number of aromatic nitrogens is 5. The van der Waals surface area contributed by atoms with Gasteiger partial charge >= 0.3 is 0 Å². The van der Waals surface area contributed by atoms with Crippen LogP contribution in [0, 0.1) is 12.7 Å². The molecular weight excluding hydrogens is 520 g/mol. The van der Waals surface area contributed by atoms with E-state index in [1.807, 2.05) is 6.92 Å². The monoisotopic (exact) mass is 549 g/mol. The normalized spacial score (nSPS) is 13.7. The summed E-state index contributed by atoms with van der Waals surface area (Å²) in [5.41, 5.74) is 2.01. The molecule has 1 aliphatic rings. The Morgan fingerprint density at radius 1 is 1.05 bits per heavy atom. The van der Waals surface area contributed by atoms with Crippen molar-refractivity contribution in [3.05, 3.63) is 77.6 Å². The lowest BCUT2D eigenvalue weighted by Gasteiger charge is -2.26. The lowest BCUT2D eigenvalue weighted by molar-refractivity contribution is 0.0398. The number of nitrogens with one attached hydrogen (secondary N) is 3. The topological polar surface area (TPSA) is 122 Å². The van der Waals surface area contributed by atoms with E-state index in [1.54, 1.807) is 24.3 Å². The number of morpholine rings is 1. The van der Waals surface area contributed by atoms with Crippen LogP contribution in [0.5, 0.6) is 0 Å². The van der Waals surface area contributed by atoms with Crippen LogP contribution >= 0.6 is 0 Å². The summed E-state index contributed by atoms with van der Waals surface area (Å²) < 4.78 is 33.6. The molecule has 208 valence electrons. The van der Waals surface area contributed by atoms with Gasteiger partial charge in [-0.15, -0.1) is 0 Å². The van der Waals surface area contributed by atoms with Crippen LogP contribution in [0.15, 0.2) is 55.1 Å². The summed E-state index contributed by atoms with van der Waals surface area (Å²) in [5.74, 6) is 0.474. The average molecular weight is 550 g/mol. The van der Waals surface area contributed by atoms with Gasteiger partial charge in [-0.05, 0) is 42.8 Å². The predicted molar refractivity (Wildman–Crippen MR) is 146 cm³/mol. The van der Waals surface area contributed by atoms with Crippen LogP contribution in [-0.4, -0.2) is 74.9 Å². The second-order valence-electron chi connectivity index (χ2n) is 9.19. The Labute approximate surface area is 229 Å². The van der Waals surface area contributed by atoms with Crippen molar-refractivity contribution in [1.82, 2.24) is 29.6 Å². The van der Waals surface area contributed by atoms with Gasteiger partial charge in [0, 0.05) is 54.7 Å². The Morgan fingerprint density at radius 2 is 1.90 bits per heavy atom. The van der Waals surface area contributed by atoms with E-state index in [0.29, 0.717) is 34.5 Å². The highest BCUT2D eigenvalue weighted by Crippen LogP contribution is 2.24. The smallest absolute Gasteiger partial charge is 0.255 e. The molecule has 1 fully saturated rings. The fraction of sp³-hybridized carbons (Fsp3) is 0.296. The van der Waals surface area contributed by atoms with Gasteiger partial charge in [-0.2, -0.15) is 14.8 Å². The second kappa shape index (κ2) is 12.6. The van der Waals surface area contributed by atoms with Crippen LogP contribution in [0.4, 0.5) is 31.9 Å². The summed E-state index contributed by atoms with van der Waals surface area (Å²) in [5, 5.41) is 13.5. The Hall–Kier alpha value is -4.49. The molecule has 0 saturated carbocycles. The fourth-order valence-electron chi connectivity index (χ4n) is 4.20. The number of ether oxygens (including phenoxy) is 1. The van der Waals surface area contributed by atoms with Gasteiger partial charge in [0.1, 0.15) is 31.0 Å². The number of halogens is 2. The maximum absolute atomic E-state index is 13.6. The molecule has 2 aromatic heterocycles. The third-order valence-electron chi connectivity index (χ3n) is 6.45. The van der Waals surface area contributed by atoms with E-state index in [4.69, 9.17) is 4.74 Å². The van der Waals surface area contributed by atoms with Gasteiger partial charge in [-0.1, -0.05) is 6.07 Å². The number of hydrogen-bond donors (Lipinski definition) is 3. The molecule has 1 saturated heterocycles. The fourth-order valence-corrected chi connectivity index (χ4v) is 4.20. The maximum atomic E-state index is 13.6. The van der Waals surface area contributed by atoms with Gasteiger partial charge in [0.25, 0.3) is 5.91 Å². The molecule has 0 aliphatic carbocycles. The maximum Gasteiger partial charge on any atom is 0.255 e. The van der Waals surface area contributed by atoms with Crippen molar-refractivity contribution >= 4 is 29.0 Å². The third-order valence-corrected chi connectivity index (χ3v) is 6.45. The van der Waals surface area contributed by atoms with Crippen LogP contribution in [-0.2, 0) is 11.4 Å². The first-order valence-electron chi connectivity index (χ1n) is 12.8. The molecule has 40 heavy (non-hydrogen) atoms. The van der Waals surface area contributed by atoms with Gasteiger partial charge in [0.15, 0.2) is 5.82 Å². The van der Waals surface area contributed by atoms with E-state index in [2.05, 4.69) is 40.9 Å². The summed E-state index contributed by atoms with van der Waals surface area (Å²) in [6, 6.07) is 10.7. The number of alkyl halides is 1. The molecule has 1 aliphatic heterocycles. The van der Waals surface area contributed by atoms with Crippen molar-refractivity contribution in [3.63, 3.8) is 0 Å². The van der Waals surface area contributed by atoms with Crippen LogP contribution in [0.25, 0.3) is 5.82 Å². The Kier molecular flexibility index (Phi) is 8.52. The molecule has 1 amide bonds. The summed E-state index contributed by atoms with van der Waals surface area (Å²) in [4.78, 5) is 28.2. The predicted octanol–water partition coefficient (Wildman–Crippen LogP) is 3.71. The van der Waals surface area contributed by atoms with Crippen molar-refractivity contribution in [2.45, 2.75) is 13.6 Å². The van der Waals surface area contributed by atoms with Crippen molar-refractivity contribution in [2.75, 3.05) is 55.3 Å². The number of amides is 1. The van der Waals surface area contributed by atoms with Gasteiger partial charge < -0.3 is 20.7 Å². The SMILES string of the molecule is Cc1ccc(C(=O)Nc2ccc(F)c(CF)c2)cc1Nc1ncnn1-c1cc(NCCN2CCOCC2)ncn1. The van der Waals surface area contributed by atoms with Crippen LogP contribution < -0.4 is 16.0 Å². The second-order valence-corrected chi connectivity index (χ2v) is 9.19. The zero-order chi connectivity index (χ0) is 27.9. The van der Waals surface area contributed by atoms with Crippen LogP contribution in [0.2, 0.25) is 0 Å². The van der Waals surface area contributed by atoms with Crippen molar-refractivity contribution in [1.29, 1.82) is 0 Å². The van der Waals surface area contributed by atoms with Crippen LogP contribution in [0.1, 0.15) is 21.5 Å². The standard InChI is InChI=1S/C27H29F2N9O2/c1-18-2-3-19(26(39)35-21-4-5-22(29)20(12-21)15-28)13-23(18)36-27-33-17-34-38(27)25-14-24(31-16-32-25)30-6-7-37-8-10-40-11-9-37/h2-5,12-14,16-17H,6-11,15H2,1H3,(H,35,39)(H,30,31,32)(H,33,34,36). The lowest BCUT2D eigenvalue weighted by atomic mass is 10.1. The van der Waals surface area contributed by atoms with Gasteiger partial charge in [-0.25, -0.2) is 18.7 Å². The zero-order valence-corrected chi connectivity index (χ0v) is 21.9. The Morgan fingerprint density at radius 3 is 2.73 bits per heavy atom. The van der Waals surface area contributed by atoms with Crippen molar-refractivity contribution in [3.8, 4) is 5.82 Å².